The van der Waals surface area contributed by atoms with Crippen molar-refractivity contribution < 1.29 is 0 Å². The third-order valence-electron chi connectivity index (χ3n) is 4.36. The largest absolute Gasteiger partial charge is 0.0689 e. The Morgan fingerprint density at radius 3 is 0.844 bits per heavy atom. The van der Waals surface area contributed by atoms with E-state index in [9.17, 15) is 0 Å². The van der Waals surface area contributed by atoms with Crippen molar-refractivity contribution in [1.29, 1.82) is 0 Å². The first kappa shape index (κ1) is 20.0. The highest BCUT2D eigenvalue weighted by atomic mass is 14.0. The molecule has 0 atom stereocenters. The Bertz CT molecular complexity index is 1470. The van der Waals surface area contributed by atoms with Crippen LogP contribution >= 0.6 is 0 Å². The Morgan fingerprint density at radius 1 is 0.312 bits per heavy atom. The van der Waals surface area contributed by atoms with Crippen molar-refractivity contribution in [1.82, 2.24) is 0 Å². The molecule has 0 bridgehead atoms. The Hall–Kier alpha value is -5.24. The summed E-state index contributed by atoms with van der Waals surface area (Å²) in [4.78, 5) is 0. The second-order valence-electron chi connectivity index (χ2n) is 6.51. The lowest BCUT2D eigenvalue weighted by atomic mass is 10.1. The number of fused-ring (bicyclic) bond motifs is 3. The van der Waals surface area contributed by atoms with Crippen LogP contribution in [0.1, 0.15) is 33.4 Å². The second kappa shape index (κ2) is 10.5. The van der Waals surface area contributed by atoms with E-state index < -0.39 is 0 Å². The normalized spacial score (nSPS) is 11.4. The molecule has 4 rings (SSSR count). The van der Waals surface area contributed by atoms with Gasteiger partial charge in [0.25, 0.3) is 0 Å². The van der Waals surface area contributed by atoms with Crippen LogP contribution in [-0.2, 0) is 0 Å². The van der Waals surface area contributed by atoms with Gasteiger partial charge in [-0.25, -0.2) is 0 Å². The summed E-state index contributed by atoms with van der Waals surface area (Å²) < 4.78 is 0. The fourth-order valence-electron chi connectivity index (χ4n) is 2.82. The van der Waals surface area contributed by atoms with Crippen LogP contribution in [0.4, 0.5) is 0 Å². The minimum Gasteiger partial charge on any atom is -0.0689 e. The average Bonchev–Trinajstić information content (AvgIpc) is 2.83. The maximum Gasteiger partial charge on any atom is 0.0412 e. The first-order valence-electron chi connectivity index (χ1n) is 9.89. The quantitative estimate of drug-likeness (QED) is 0.479. The maximum absolute atomic E-state index is 3.12. The van der Waals surface area contributed by atoms with E-state index in [2.05, 4.69) is 71.0 Å². The van der Waals surface area contributed by atoms with Gasteiger partial charge in [-0.3, -0.25) is 0 Å². The molecule has 0 aliphatic heterocycles. The van der Waals surface area contributed by atoms with Crippen LogP contribution in [0.25, 0.3) is 0 Å². The number of benzene rings is 3. The molecule has 0 heteroatoms. The van der Waals surface area contributed by atoms with Gasteiger partial charge in [0.15, 0.2) is 0 Å². The lowest BCUT2D eigenvalue weighted by Crippen LogP contribution is -1.83. The maximum atomic E-state index is 3.12. The van der Waals surface area contributed by atoms with E-state index >= 15 is 0 Å². The molecule has 0 fully saturated rings. The van der Waals surface area contributed by atoms with Crippen LogP contribution in [-0.4, -0.2) is 0 Å². The minimum atomic E-state index is 0.815. The van der Waals surface area contributed by atoms with Gasteiger partial charge in [0, 0.05) is 33.4 Å². The van der Waals surface area contributed by atoms with Gasteiger partial charge >= 0.3 is 0 Å². The molecule has 0 radical (unpaired) electrons. The van der Waals surface area contributed by atoms with E-state index in [1.165, 1.54) is 0 Å². The summed E-state index contributed by atoms with van der Waals surface area (Å²) >= 11 is 0. The van der Waals surface area contributed by atoms with Gasteiger partial charge < -0.3 is 0 Å². The SMILES string of the molecule is C1#Cc2ccccc2C#CC#Cc2ccccc2C#C/C=C\C#Cc2ccccc2C#C1. The van der Waals surface area contributed by atoms with Crippen molar-refractivity contribution in [3.8, 4) is 71.0 Å². The van der Waals surface area contributed by atoms with Crippen molar-refractivity contribution in [3.63, 3.8) is 0 Å². The van der Waals surface area contributed by atoms with Gasteiger partial charge in [0.1, 0.15) is 0 Å². The second-order valence-corrected chi connectivity index (χ2v) is 6.51. The van der Waals surface area contributed by atoms with Gasteiger partial charge in [-0.1, -0.05) is 83.8 Å². The Labute approximate surface area is 189 Å². The molecule has 3 aromatic rings. The lowest BCUT2D eigenvalue weighted by Gasteiger charge is -1.94. The van der Waals surface area contributed by atoms with Gasteiger partial charge in [-0.05, 0) is 72.2 Å². The van der Waals surface area contributed by atoms with Crippen LogP contribution in [0.3, 0.4) is 0 Å². The number of allylic oxidation sites excluding steroid dienone is 2. The average molecular weight is 398 g/mol. The van der Waals surface area contributed by atoms with Crippen molar-refractivity contribution in [3.05, 3.63) is 118 Å². The van der Waals surface area contributed by atoms with Gasteiger partial charge in [0.2, 0.25) is 0 Å². The number of hydrogen-bond acceptors (Lipinski definition) is 0. The molecule has 0 N–H and O–H groups in total. The van der Waals surface area contributed by atoms with E-state index in [-0.39, 0.29) is 0 Å². The van der Waals surface area contributed by atoms with Crippen LogP contribution in [0.15, 0.2) is 84.9 Å². The van der Waals surface area contributed by atoms with E-state index in [1.807, 2.05) is 72.8 Å². The third-order valence-corrected chi connectivity index (χ3v) is 4.36. The predicted octanol–water partition coefficient (Wildman–Crippen LogP) is 4.77. The zero-order valence-corrected chi connectivity index (χ0v) is 17.1. The third kappa shape index (κ3) is 5.43. The number of hydrogen-bond donors (Lipinski definition) is 0. The first-order chi connectivity index (χ1) is 15.9. The molecular formula is C32H14. The van der Waals surface area contributed by atoms with Crippen LogP contribution in [0.2, 0.25) is 0 Å². The van der Waals surface area contributed by atoms with Crippen LogP contribution in [0, 0.1) is 71.0 Å². The summed E-state index contributed by atoms with van der Waals surface area (Å²) in [5.41, 5.74) is 4.99. The van der Waals surface area contributed by atoms with E-state index in [4.69, 9.17) is 0 Å². The number of rotatable bonds is 0. The van der Waals surface area contributed by atoms with Crippen LogP contribution in [0.5, 0.6) is 0 Å². The Kier molecular flexibility index (Phi) is 6.59. The van der Waals surface area contributed by atoms with Crippen molar-refractivity contribution >= 4 is 0 Å². The standard InChI is InChI=1S/C32H14/c1-2-4-16-28-18-6-8-20-30(28)22-10-12-24-32-26-14-13-25-31(32)23-11-9-21-29-19-7-5-17-27(29)15-3-1/h1-2,5-8,13-14,17-20,25-26H/b2-1-. The summed E-state index contributed by atoms with van der Waals surface area (Å²) in [5, 5.41) is 0. The predicted molar refractivity (Wildman–Crippen MR) is 130 cm³/mol. The van der Waals surface area contributed by atoms with E-state index in [0.29, 0.717) is 0 Å². The molecule has 0 saturated heterocycles. The smallest absolute Gasteiger partial charge is 0.0412 e. The highest BCUT2D eigenvalue weighted by Crippen LogP contribution is 2.07. The summed E-state index contributed by atoms with van der Waals surface area (Å²) in [5.74, 6) is 36.3. The summed E-state index contributed by atoms with van der Waals surface area (Å²) in [6.07, 6.45) is 3.46. The van der Waals surface area contributed by atoms with E-state index in [0.717, 1.165) is 33.4 Å². The molecular weight excluding hydrogens is 384 g/mol. The first-order valence-corrected chi connectivity index (χ1v) is 9.89. The molecule has 0 saturated carbocycles. The summed E-state index contributed by atoms with van der Waals surface area (Å²) in [7, 11) is 0. The molecule has 0 nitrogen and oxygen atoms in total. The molecule has 3 aromatic carbocycles. The molecule has 32 heavy (non-hydrogen) atoms. The Balaban J connectivity index is 1.82. The van der Waals surface area contributed by atoms with Gasteiger partial charge in [-0.15, -0.1) is 0 Å². The summed E-state index contributed by atoms with van der Waals surface area (Å²) in [6, 6.07) is 23.2. The molecule has 0 heterocycles. The van der Waals surface area contributed by atoms with Gasteiger partial charge in [-0.2, -0.15) is 0 Å². The zero-order valence-electron chi connectivity index (χ0n) is 17.1. The van der Waals surface area contributed by atoms with Crippen molar-refractivity contribution in [2.45, 2.75) is 0 Å². The summed E-state index contributed by atoms with van der Waals surface area (Å²) in [6.45, 7) is 0. The molecule has 1 aliphatic carbocycles. The van der Waals surface area contributed by atoms with Crippen LogP contribution < -0.4 is 0 Å². The molecule has 142 valence electrons. The highest BCUT2D eigenvalue weighted by molar-refractivity contribution is 5.57. The fraction of sp³-hybridized carbons (Fsp3) is 0. The zero-order chi connectivity index (χ0) is 21.8. The van der Waals surface area contributed by atoms with Gasteiger partial charge in [0.05, 0.1) is 0 Å². The lowest BCUT2D eigenvalue weighted by molar-refractivity contribution is 1.58. The van der Waals surface area contributed by atoms with Crippen molar-refractivity contribution in [2.24, 2.45) is 0 Å². The fourth-order valence-corrected chi connectivity index (χ4v) is 2.82. The van der Waals surface area contributed by atoms with E-state index in [1.54, 1.807) is 12.2 Å². The molecule has 0 unspecified atom stereocenters. The monoisotopic (exact) mass is 398 g/mol. The molecule has 1 aliphatic rings. The molecule has 0 amide bonds. The molecule has 0 aromatic heterocycles. The topological polar surface area (TPSA) is 0 Å². The highest BCUT2D eigenvalue weighted by Gasteiger charge is 1.96. The Morgan fingerprint density at radius 2 is 0.562 bits per heavy atom. The molecule has 0 spiro atoms. The minimum absolute atomic E-state index is 0.815. The van der Waals surface area contributed by atoms with Crippen molar-refractivity contribution in [2.75, 3.05) is 0 Å².